The zero-order valence-electron chi connectivity index (χ0n) is 17.0. The van der Waals surface area contributed by atoms with Crippen molar-refractivity contribution in [1.29, 1.82) is 0 Å². The molecule has 0 aliphatic carbocycles. The van der Waals surface area contributed by atoms with E-state index < -0.39 is 23.5 Å². The van der Waals surface area contributed by atoms with E-state index in [1.54, 1.807) is 0 Å². The van der Waals surface area contributed by atoms with Crippen LogP contribution in [0.2, 0.25) is 0 Å². The predicted octanol–water partition coefficient (Wildman–Crippen LogP) is 3.63. The number of halogens is 2. The molecule has 0 radical (unpaired) electrons. The van der Waals surface area contributed by atoms with E-state index in [0.29, 0.717) is 13.2 Å². The molecule has 0 bridgehead atoms. The minimum absolute atomic E-state index is 0.00913. The van der Waals surface area contributed by atoms with Crippen molar-refractivity contribution in [3.63, 3.8) is 0 Å². The van der Waals surface area contributed by atoms with Crippen molar-refractivity contribution in [2.45, 2.75) is 36.7 Å². The monoisotopic (exact) mass is 447 g/mol. The van der Waals surface area contributed by atoms with Gasteiger partial charge in [-0.2, -0.15) is 5.10 Å². The Morgan fingerprint density at radius 2 is 1.94 bits per heavy atom. The van der Waals surface area contributed by atoms with Crippen molar-refractivity contribution in [3.05, 3.63) is 83.9 Å². The number of nitrogens with zero attached hydrogens (tertiary/aromatic N) is 3. The molecule has 9 heteroatoms. The molecule has 164 valence electrons. The van der Waals surface area contributed by atoms with Crippen molar-refractivity contribution >= 4 is 8.58 Å². The first-order valence-electron chi connectivity index (χ1n) is 10.0. The lowest BCUT2D eigenvalue weighted by atomic mass is 9.90. The third kappa shape index (κ3) is 4.99. The van der Waals surface area contributed by atoms with Crippen LogP contribution in [0.25, 0.3) is 0 Å². The first-order valence-corrected chi connectivity index (χ1v) is 11.2. The van der Waals surface area contributed by atoms with Gasteiger partial charge in [0.05, 0.1) is 19.8 Å². The topological polar surface area (TPSA) is 69.4 Å². The van der Waals surface area contributed by atoms with Gasteiger partial charge in [0.25, 0.3) is 0 Å². The maximum atomic E-state index is 14.7. The molecule has 1 aliphatic heterocycles. The Morgan fingerprint density at radius 1 is 1.19 bits per heavy atom. The maximum Gasteiger partial charge on any atom is 0.183 e. The van der Waals surface area contributed by atoms with Crippen LogP contribution in [0.15, 0.2) is 61.2 Å². The minimum Gasteiger partial charge on any atom is -0.382 e. The van der Waals surface area contributed by atoms with E-state index in [0.717, 1.165) is 17.7 Å². The highest BCUT2D eigenvalue weighted by Crippen LogP contribution is 2.43. The second kappa shape index (κ2) is 9.49. The van der Waals surface area contributed by atoms with Crippen LogP contribution < -0.4 is 0 Å². The van der Waals surface area contributed by atoms with E-state index in [4.69, 9.17) is 9.47 Å². The van der Waals surface area contributed by atoms with Gasteiger partial charge < -0.3 is 14.6 Å². The van der Waals surface area contributed by atoms with E-state index in [2.05, 4.69) is 10.1 Å². The molecule has 1 N–H and O–H groups in total. The highest BCUT2D eigenvalue weighted by Gasteiger charge is 2.40. The Morgan fingerprint density at radius 3 is 2.58 bits per heavy atom. The van der Waals surface area contributed by atoms with E-state index in [-0.39, 0.29) is 32.0 Å². The summed E-state index contributed by atoms with van der Waals surface area (Å²) in [6, 6.07) is 12.9. The zero-order chi connectivity index (χ0) is 21.8. The second-order valence-corrected chi connectivity index (χ2v) is 9.65. The maximum absolute atomic E-state index is 14.7. The Hall–Kier alpha value is -2.25. The van der Waals surface area contributed by atoms with Gasteiger partial charge in [-0.1, -0.05) is 43.3 Å². The zero-order valence-corrected chi connectivity index (χ0v) is 18.0. The highest BCUT2D eigenvalue weighted by atomic mass is 31.1. The van der Waals surface area contributed by atoms with E-state index in [1.807, 2.05) is 37.3 Å². The van der Waals surface area contributed by atoms with Crippen LogP contribution >= 0.6 is 8.58 Å². The first kappa shape index (κ1) is 22.0. The van der Waals surface area contributed by atoms with Gasteiger partial charge in [-0.25, -0.2) is 18.4 Å². The molecule has 3 aromatic rings. The van der Waals surface area contributed by atoms with Crippen LogP contribution in [0.3, 0.4) is 0 Å². The van der Waals surface area contributed by atoms with Gasteiger partial charge in [-0.05, 0) is 6.07 Å². The summed E-state index contributed by atoms with van der Waals surface area (Å²) in [5.74, 6) is -1.49. The summed E-state index contributed by atoms with van der Waals surface area (Å²) in [4.78, 5) is 3.90. The number of hydrogen-bond donors (Lipinski definition) is 1. The van der Waals surface area contributed by atoms with Gasteiger partial charge in [0.2, 0.25) is 0 Å². The summed E-state index contributed by atoms with van der Waals surface area (Å²) in [6.45, 7) is 2.77. The highest BCUT2D eigenvalue weighted by molar-refractivity contribution is 7.40. The van der Waals surface area contributed by atoms with Crippen molar-refractivity contribution in [3.8, 4) is 0 Å². The van der Waals surface area contributed by atoms with Crippen molar-refractivity contribution < 1.29 is 23.4 Å². The number of aromatic nitrogens is 3. The summed E-state index contributed by atoms with van der Waals surface area (Å²) < 4.78 is 41.4. The fourth-order valence-electron chi connectivity index (χ4n) is 3.75. The third-order valence-corrected chi connectivity index (χ3v) is 7.22. The van der Waals surface area contributed by atoms with Crippen molar-refractivity contribution in [2.75, 3.05) is 13.2 Å². The number of hydrogen-bond acceptors (Lipinski definition) is 5. The molecule has 6 nitrogen and oxygen atoms in total. The molecule has 0 saturated carbocycles. The number of benzene rings is 2. The molecule has 1 aliphatic rings. The van der Waals surface area contributed by atoms with E-state index in [9.17, 15) is 13.9 Å². The molecule has 2 aromatic carbocycles. The van der Waals surface area contributed by atoms with Crippen LogP contribution in [-0.4, -0.2) is 44.4 Å². The van der Waals surface area contributed by atoms with Crippen LogP contribution in [0.5, 0.6) is 0 Å². The van der Waals surface area contributed by atoms with Gasteiger partial charge in [-0.3, -0.25) is 0 Å². The summed E-state index contributed by atoms with van der Waals surface area (Å²) in [6.07, 6.45) is 2.39. The molecule has 1 saturated heterocycles. The van der Waals surface area contributed by atoms with Crippen LogP contribution in [-0.2, 0) is 21.6 Å². The number of ether oxygens (including phenoxy) is 2. The van der Waals surface area contributed by atoms with Crippen molar-refractivity contribution in [1.82, 2.24) is 14.8 Å². The Balaban J connectivity index is 1.49. The summed E-state index contributed by atoms with van der Waals surface area (Å²) >= 11 is 0. The van der Waals surface area contributed by atoms with Gasteiger partial charge in [-0.15, -0.1) is 8.58 Å². The van der Waals surface area contributed by atoms with Gasteiger partial charge >= 0.3 is 0 Å². The number of aliphatic hydroxyl groups is 1. The fraction of sp³-hybridized carbons (Fsp3) is 0.364. The molecule has 0 spiro atoms. The van der Waals surface area contributed by atoms with Gasteiger partial charge in [0.15, 0.2) is 6.29 Å². The lowest BCUT2D eigenvalue weighted by Crippen LogP contribution is -2.42. The van der Waals surface area contributed by atoms with E-state index >= 15 is 0 Å². The normalized spacial score (nSPS) is 22.5. The number of rotatable bonds is 7. The second-order valence-electron chi connectivity index (χ2n) is 7.64. The SMILES string of the molecule is C[C@@H](PC1COC(c2ccccc2)OC1)[C@](O)(Cn1cncn1)c1ccc(F)cc1F. The van der Waals surface area contributed by atoms with Crippen molar-refractivity contribution in [2.24, 2.45) is 0 Å². The molecule has 31 heavy (non-hydrogen) atoms. The standard InChI is InChI=1S/C22H24F2N3O3P/c1-15(31-18-10-29-21(30-11-18)16-5-3-2-4-6-16)22(28,12-27-14-25-13-26-27)19-8-7-17(23)9-20(19)24/h2-9,13-15,18,21,28,31H,10-12H2,1H3/t15-,18?,21?,22-/m1/s1. The first-order chi connectivity index (χ1) is 15.0. The molecule has 0 amide bonds. The fourth-order valence-corrected chi connectivity index (χ4v) is 5.37. The molecule has 4 rings (SSSR count). The molecule has 1 fully saturated rings. The van der Waals surface area contributed by atoms with Crippen LogP contribution in [0, 0.1) is 11.6 Å². The quantitative estimate of drug-likeness (QED) is 0.561. The summed E-state index contributed by atoms with van der Waals surface area (Å²) in [5, 5.41) is 15.7. The smallest absolute Gasteiger partial charge is 0.183 e. The Kier molecular flexibility index (Phi) is 6.72. The lowest BCUT2D eigenvalue weighted by Gasteiger charge is -2.38. The molecule has 3 atom stereocenters. The minimum atomic E-state index is -1.61. The lowest BCUT2D eigenvalue weighted by molar-refractivity contribution is -0.180. The van der Waals surface area contributed by atoms with Crippen LogP contribution in [0.4, 0.5) is 8.78 Å². The predicted molar refractivity (Wildman–Crippen MR) is 113 cm³/mol. The molecular weight excluding hydrogens is 423 g/mol. The average Bonchev–Trinajstić information content (AvgIpc) is 3.27. The molecular formula is C22H24F2N3O3P. The largest absolute Gasteiger partial charge is 0.382 e. The Labute approximate surface area is 181 Å². The third-order valence-electron chi connectivity index (χ3n) is 5.44. The summed E-state index contributed by atoms with van der Waals surface area (Å²) in [7, 11) is 0.212. The average molecular weight is 447 g/mol. The Bertz CT molecular complexity index is 985. The molecule has 2 heterocycles. The molecule has 1 aromatic heterocycles. The van der Waals surface area contributed by atoms with Crippen LogP contribution in [0.1, 0.15) is 24.3 Å². The molecule has 1 unspecified atom stereocenters. The van der Waals surface area contributed by atoms with E-state index in [1.165, 1.54) is 23.4 Å². The summed E-state index contributed by atoms with van der Waals surface area (Å²) in [5.41, 5.74) is -0.958. The van der Waals surface area contributed by atoms with Gasteiger partial charge in [0, 0.05) is 28.5 Å². The van der Waals surface area contributed by atoms with Gasteiger partial charge in [0.1, 0.15) is 29.9 Å².